The van der Waals surface area contributed by atoms with Crippen LogP contribution in [0, 0.1) is 5.92 Å². The summed E-state index contributed by atoms with van der Waals surface area (Å²) in [4.78, 5) is 25.8. The maximum atomic E-state index is 12.9. The van der Waals surface area contributed by atoms with E-state index in [4.69, 9.17) is 4.74 Å². The normalized spacial score (nSPS) is 11.0. The van der Waals surface area contributed by atoms with Crippen LogP contribution in [0.4, 0.5) is 0 Å². The van der Waals surface area contributed by atoms with Crippen molar-refractivity contribution in [2.45, 2.75) is 39.0 Å². The van der Waals surface area contributed by atoms with Crippen LogP contribution in [0.5, 0.6) is 5.75 Å². The molecule has 0 amide bonds. The largest absolute Gasteiger partial charge is 0.494 e. The summed E-state index contributed by atoms with van der Waals surface area (Å²) >= 11 is 0. The van der Waals surface area contributed by atoms with Crippen molar-refractivity contribution in [3.63, 3.8) is 0 Å². The fraction of sp³-hybridized carbons (Fsp3) is 0.286. The highest BCUT2D eigenvalue weighted by Crippen LogP contribution is 2.29. The fourth-order valence-corrected chi connectivity index (χ4v) is 3.49. The highest BCUT2D eigenvalue weighted by atomic mass is 16.5. The molecule has 31 heavy (non-hydrogen) atoms. The van der Waals surface area contributed by atoms with Crippen LogP contribution in [0.3, 0.4) is 0 Å². The zero-order valence-corrected chi connectivity index (χ0v) is 18.3. The molecule has 0 aliphatic carbocycles. The first kappa shape index (κ1) is 22.5. The van der Waals surface area contributed by atoms with Gasteiger partial charge in [-0.15, -0.1) is 0 Å². The van der Waals surface area contributed by atoms with Crippen molar-refractivity contribution in [3.05, 3.63) is 102 Å². The van der Waals surface area contributed by atoms with E-state index in [0.29, 0.717) is 23.7 Å². The Morgan fingerprint density at radius 1 is 0.710 bits per heavy atom. The summed E-state index contributed by atoms with van der Waals surface area (Å²) in [7, 11) is 0. The van der Waals surface area contributed by atoms with Gasteiger partial charge in [0.1, 0.15) is 5.75 Å². The number of hydrogen-bond acceptors (Lipinski definition) is 3. The van der Waals surface area contributed by atoms with Gasteiger partial charge in [-0.3, -0.25) is 9.59 Å². The molecule has 0 aliphatic rings. The lowest BCUT2D eigenvalue weighted by Gasteiger charge is -2.17. The van der Waals surface area contributed by atoms with Crippen LogP contribution in [0.15, 0.2) is 84.9 Å². The number of carbonyl (C=O) groups is 2. The molecule has 0 spiro atoms. The Labute approximate surface area is 185 Å². The Balaban J connectivity index is 1.76. The molecule has 0 fully saturated rings. The molecular formula is C28H30O3. The Kier molecular flexibility index (Phi) is 8.17. The maximum absolute atomic E-state index is 12.9. The first-order chi connectivity index (χ1) is 15.0. The Morgan fingerprint density at radius 3 is 1.65 bits per heavy atom. The number of Topliss-reactive ketones (excluding diaryl/α,β-unsaturated/α-hetero) is 2. The quantitative estimate of drug-likeness (QED) is 0.326. The average molecular weight is 415 g/mol. The molecule has 3 rings (SSSR count). The Morgan fingerprint density at radius 2 is 1.19 bits per heavy atom. The third-order valence-electron chi connectivity index (χ3n) is 5.37. The van der Waals surface area contributed by atoms with Gasteiger partial charge in [-0.05, 0) is 36.0 Å². The second kappa shape index (κ2) is 11.3. The molecule has 0 bridgehead atoms. The molecule has 0 aromatic heterocycles. The van der Waals surface area contributed by atoms with Crippen molar-refractivity contribution in [1.29, 1.82) is 0 Å². The number of carbonyl (C=O) groups excluding carboxylic acids is 2. The zero-order valence-electron chi connectivity index (χ0n) is 18.3. The van der Waals surface area contributed by atoms with Gasteiger partial charge in [-0.2, -0.15) is 0 Å². The van der Waals surface area contributed by atoms with Gasteiger partial charge in [0.25, 0.3) is 0 Å². The first-order valence-electron chi connectivity index (χ1n) is 10.9. The third kappa shape index (κ3) is 6.92. The number of rotatable bonds is 11. The lowest BCUT2D eigenvalue weighted by Crippen LogP contribution is -2.13. The van der Waals surface area contributed by atoms with Crippen molar-refractivity contribution in [3.8, 4) is 5.75 Å². The molecular weight excluding hydrogens is 384 g/mol. The van der Waals surface area contributed by atoms with Crippen molar-refractivity contribution in [2.75, 3.05) is 6.61 Å². The number of ketones is 2. The molecule has 0 saturated heterocycles. The van der Waals surface area contributed by atoms with E-state index in [0.717, 1.165) is 17.7 Å². The minimum Gasteiger partial charge on any atom is -0.494 e. The molecule has 3 heteroatoms. The van der Waals surface area contributed by atoms with E-state index < -0.39 is 0 Å². The van der Waals surface area contributed by atoms with E-state index >= 15 is 0 Å². The predicted molar refractivity (Wildman–Crippen MR) is 125 cm³/mol. The molecule has 160 valence electrons. The lowest BCUT2D eigenvalue weighted by molar-refractivity contribution is 0.0944. The molecule has 0 aliphatic heterocycles. The van der Waals surface area contributed by atoms with Crippen LogP contribution in [0.25, 0.3) is 0 Å². The SMILES string of the molecule is CC(C)CCOc1ccc(C(CC(=O)c2ccccc2)CC(=O)c2ccccc2)cc1. The van der Waals surface area contributed by atoms with E-state index in [1.54, 1.807) is 0 Å². The van der Waals surface area contributed by atoms with E-state index in [1.165, 1.54) is 0 Å². The molecule has 0 radical (unpaired) electrons. The molecule has 0 saturated carbocycles. The van der Waals surface area contributed by atoms with Crippen LogP contribution < -0.4 is 4.74 Å². The Bertz CT molecular complexity index is 907. The second-order valence-corrected chi connectivity index (χ2v) is 8.28. The van der Waals surface area contributed by atoms with Crippen molar-refractivity contribution in [2.24, 2.45) is 5.92 Å². The van der Waals surface area contributed by atoms with Crippen LogP contribution in [-0.2, 0) is 0 Å². The van der Waals surface area contributed by atoms with Crippen molar-refractivity contribution in [1.82, 2.24) is 0 Å². The second-order valence-electron chi connectivity index (χ2n) is 8.28. The summed E-state index contributed by atoms with van der Waals surface area (Å²) in [6.45, 7) is 5.02. The summed E-state index contributed by atoms with van der Waals surface area (Å²) < 4.78 is 5.82. The maximum Gasteiger partial charge on any atom is 0.163 e. The van der Waals surface area contributed by atoms with Crippen molar-refractivity contribution < 1.29 is 14.3 Å². The third-order valence-corrected chi connectivity index (χ3v) is 5.37. The van der Waals surface area contributed by atoms with E-state index in [-0.39, 0.29) is 30.3 Å². The number of hydrogen-bond donors (Lipinski definition) is 0. The molecule has 0 atom stereocenters. The fourth-order valence-electron chi connectivity index (χ4n) is 3.49. The lowest BCUT2D eigenvalue weighted by atomic mass is 9.86. The van der Waals surface area contributed by atoms with Crippen LogP contribution in [0.2, 0.25) is 0 Å². The van der Waals surface area contributed by atoms with Gasteiger partial charge in [0, 0.05) is 24.0 Å². The zero-order chi connectivity index (χ0) is 22.1. The summed E-state index contributed by atoms with van der Waals surface area (Å²) in [5.41, 5.74) is 2.33. The van der Waals surface area contributed by atoms with Crippen LogP contribution >= 0.6 is 0 Å². The van der Waals surface area contributed by atoms with Gasteiger partial charge in [0.05, 0.1) is 6.61 Å². The highest BCUT2D eigenvalue weighted by molar-refractivity contribution is 5.99. The molecule has 3 aromatic carbocycles. The minimum atomic E-state index is -0.190. The topological polar surface area (TPSA) is 43.4 Å². The molecule has 3 aromatic rings. The first-order valence-corrected chi connectivity index (χ1v) is 10.9. The summed E-state index contributed by atoms with van der Waals surface area (Å²) in [6, 6.07) is 26.4. The summed E-state index contributed by atoms with van der Waals surface area (Å²) in [5.74, 6) is 1.31. The molecule has 0 heterocycles. The summed E-state index contributed by atoms with van der Waals surface area (Å²) in [5, 5.41) is 0. The predicted octanol–water partition coefficient (Wildman–Crippen LogP) is 6.74. The van der Waals surface area contributed by atoms with E-state index in [1.807, 2.05) is 84.9 Å². The smallest absolute Gasteiger partial charge is 0.163 e. The molecule has 0 unspecified atom stereocenters. The van der Waals surface area contributed by atoms with Gasteiger partial charge < -0.3 is 4.74 Å². The van der Waals surface area contributed by atoms with Gasteiger partial charge in [0.2, 0.25) is 0 Å². The summed E-state index contributed by atoms with van der Waals surface area (Å²) in [6.07, 6.45) is 1.58. The molecule has 3 nitrogen and oxygen atoms in total. The molecule has 0 N–H and O–H groups in total. The number of ether oxygens (including phenoxy) is 1. The van der Waals surface area contributed by atoms with Gasteiger partial charge in [-0.25, -0.2) is 0 Å². The van der Waals surface area contributed by atoms with Gasteiger partial charge in [0.15, 0.2) is 11.6 Å². The van der Waals surface area contributed by atoms with Crippen molar-refractivity contribution >= 4 is 11.6 Å². The monoisotopic (exact) mass is 414 g/mol. The number of benzene rings is 3. The van der Waals surface area contributed by atoms with Gasteiger partial charge in [-0.1, -0.05) is 86.6 Å². The van der Waals surface area contributed by atoms with Crippen LogP contribution in [-0.4, -0.2) is 18.2 Å². The van der Waals surface area contributed by atoms with E-state index in [2.05, 4.69) is 13.8 Å². The average Bonchev–Trinajstić information content (AvgIpc) is 2.80. The van der Waals surface area contributed by atoms with Crippen LogP contribution in [0.1, 0.15) is 65.3 Å². The minimum absolute atomic E-state index is 0.0451. The van der Waals surface area contributed by atoms with Gasteiger partial charge >= 0.3 is 0 Å². The standard InChI is InChI=1S/C28H30O3/c1-21(2)17-18-31-26-15-13-22(14-16-26)25(19-27(29)23-9-5-3-6-10-23)20-28(30)24-11-7-4-8-12-24/h3-16,21,25H,17-20H2,1-2H3. The van der Waals surface area contributed by atoms with E-state index in [9.17, 15) is 9.59 Å². The Hall–Kier alpha value is -3.20. The highest BCUT2D eigenvalue weighted by Gasteiger charge is 2.21.